The Kier molecular flexibility index (Phi) is 4.35. The SMILES string of the molecule is Cc1nc2ccccc2nc1COC(=O)C(C)N1C(=O)c2ccccc2C1=O. The number of hydrogen-bond donors (Lipinski definition) is 0. The number of amides is 2. The molecule has 1 unspecified atom stereocenters. The molecule has 1 aromatic heterocycles. The zero-order chi connectivity index (χ0) is 19.8. The average molecular weight is 375 g/mol. The van der Waals surface area contributed by atoms with Gasteiger partial charge in [-0.15, -0.1) is 0 Å². The van der Waals surface area contributed by atoms with E-state index in [1.807, 2.05) is 24.3 Å². The first-order chi connectivity index (χ1) is 13.5. The lowest BCUT2D eigenvalue weighted by atomic mass is 10.1. The Morgan fingerprint density at radius 1 is 0.964 bits per heavy atom. The summed E-state index contributed by atoms with van der Waals surface area (Å²) in [5.74, 6) is -1.66. The van der Waals surface area contributed by atoms with Crippen molar-refractivity contribution in [2.45, 2.75) is 26.5 Å². The van der Waals surface area contributed by atoms with Gasteiger partial charge in [-0.2, -0.15) is 0 Å². The summed E-state index contributed by atoms with van der Waals surface area (Å²) < 4.78 is 5.34. The van der Waals surface area contributed by atoms with Crippen LogP contribution in [0.5, 0.6) is 0 Å². The molecule has 0 bridgehead atoms. The molecule has 0 fully saturated rings. The first-order valence-electron chi connectivity index (χ1n) is 8.83. The van der Waals surface area contributed by atoms with Gasteiger partial charge in [0.2, 0.25) is 0 Å². The minimum Gasteiger partial charge on any atom is -0.458 e. The zero-order valence-electron chi connectivity index (χ0n) is 15.4. The predicted molar refractivity (Wildman–Crippen MR) is 100 cm³/mol. The third-order valence-electron chi connectivity index (χ3n) is 4.75. The van der Waals surface area contributed by atoms with E-state index in [2.05, 4.69) is 9.97 Å². The highest BCUT2D eigenvalue weighted by Gasteiger charge is 2.41. The molecule has 1 atom stereocenters. The van der Waals surface area contributed by atoms with E-state index in [4.69, 9.17) is 4.74 Å². The highest BCUT2D eigenvalue weighted by molar-refractivity contribution is 6.22. The second-order valence-electron chi connectivity index (χ2n) is 6.55. The molecule has 0 saturated heterocycles. The van der Waals surface area contributed by atoms with Crippen LogP contribution in [0.1, 0.15) is 39.0 Å². The first kappa shape index (κ1) is 17.8. The van der Waals surface area contributed by atoms with Crippen LogP contribution >= 0.6 is 0 Å². The fraction of sp³-hybridized carbons (Fsp3) is 0.190. The van der Waals surface area contributed by atoms with Crippen molar-refractivity contribution in [3.05, 3.63) is 71.0 Å². The summed E-state index contributed by atoms with van der Waals surface area (Å²) >= 11 is 0. The largest absolute Gasteiger partial charge is 0.458 e. The molecule has 0 saturated carbocycles. The number of nitrogens with zero attached hydrogens (tertiary/aromatic N) is 3. The fourth-order valence-electron chi connectivity index (χ4n) is 3.19. The molecule has 7 heteroatoms. The lowest BCUT2D eigenvalue weighted by Gasteiger charge is -2.21. The zero-order valence-corrected chi connectivity index (χ0v) is 15.4. The number of fused-ring (bicyclic) bond motifs is 2. The van der Waals surface area contributed by atoms with Gasteiger partial charge < -0.3 is 4.74 Å². The number of aromatic nitrogens is 2. The molecular formula is C21H17N3O4. The Balaban J connectivity index is 1.50. The molecule has 140 valence electrons. The minimum atomic E-state index is -1.04. The highest BCUT2D eigenvalue weighted by Crippen LogP contribution is 2.25. The molecule has 0 spiro atoms. The van der Waals surface area contributed by atoms with E-state index in [-0.39, 0.29) is 6.61 Å². The predicted octanol–water partition coefficient (Wildman–Crippen LogP) is 2.67. The fourth-order valence-corrected chi connectivity index (χ4v) is 3.19. The summed E-state index contributed by atoms with van der Waals surface area (Å²) in [7, 11) is 0. The van der Waals surface area contributed by atoms with Gasteiger partial charge in [0, 0.05) is 0 Å². The van der Waals surface area contributed by atoms with Crippen LogP contribution in [0.2, 0.25) is 0 Å². The number of benzene rings is 2. The second kappa shape index (κ2) is 6.84. The van der Waals surface area contributed by atoms with Gasteiger partial charge in [-0.05, 0) is 38.1 Å². The van der Waals surface area contributed by atoms with Crippen molar-refractivity contribution in [1.82, 2.24) is 14.9 Å². The van der Waals surface area contributed by atoms with Gasteiger partial charge in [-0.25, -0.2) is 14.8 Å². The van der Waals surface area contributed by atoms with Gasteiger partial charge in [0.1, 0.15) is 12.6 Å². The molecule has 7 nitrogen and oxygen atoms in total. The van der Waals surface area contributed by atoms with Gasteiger partial charge in [0.05, 0.1) is 33.5 Å². The van der Waals surface area contributed by atoms with Crippen molar-refractivity contribution in [2.75, 3.05) is 0 Å². The summed E-state index contributed by atoms with van der Waals surface area (Å²) in [5.41, 5.74) is 3.23. The third-order valence-corrected chi connectivity index (χ3v) is 4.75. The van der Waals surface area contributed by atoms with E-state index in [0.717, 1.165) is 10.4 Å². The Hall–Kier alpha value is -3.61. The van der Waals surface area contributed by atoms with Crippen LogP contribution in [-0.2, 0) is 16.1 Å². The Bertz CT molecular complexity index is 1090. The van der Waals surface area contributed by atoms with Gasteiger partial charge in [0.15, 0.2) is 0 Å². The van der Waals surface area contributed by atoms with Crippen molar-refractivity contribution in [1.29, 1.82) is 0 Å². The van der Waals surface area contributed by atoms with E-state index in [0.29, 0.717) is 28.0 Å². The summed E-state index contributed by atoms with van der Waals surface area (Å²) in [4.78, 5) is 47.4. The van der Waals surface area contributed by atoms with E-state index in [1.54, 1.807) is 31.2 Å². The van der Waals surface area contributed by atoms with E-state index < -0.39 is 23.8 Å². The van der Waals surface area contributed by atoms with Crippen molar-refractivity contribution in [2.24, 2.45) is 0 Å². The standard InChI is InChI=1S/C21H17N3O4/c1-12-18(23-17-10-6-5-9-16(17)22-12)11-28-21(27)13(2)24-19(25)14-7-3-4-8-15(14)20(24)26/h3-10,13H,11H2,1-2H3. The van der Waals surface area contributed by atoms with E-state index in [1.165, 1.54) is 6.92 Å². The van der Waals surface area contributed by atoms with Crippen LogP contribution in [0.4, 0.5) is 0 Å². The third kappa shape index (κ3) is 2.90. The van der Waals surface area contributed by atoms with Crippen LogP contribution < -0.4 is 0 Å². The number of esters is 1. The van der Waals surface area contributed by atoms with Crippen molar-refractivity contribution < 1.29 is 19.1 Å². The molecule has 28 heavy (non-hydrogen) atoms. The van der Waals surface area contributed by atoms with Crippen molar-refractivity contribution in [3.63, 3.8) is 0 Å². The molecule has 0 aliphatic carbocycles. The average Bonchev–Trinajstić information content (AvgIpc) is 2.96. The van der Waals surface area contributed by atoms with Gasteiger partial charge >= 0.3 is 5.97 Å². The maximum absolute atomic E-state index is 12.5. The maximum atomic E-state index is 12.5. The Labute approximate surface area is 161 Å². The van der Waals surface area contributed by atoms with Crippen LogP contribution in [0.15, 0.2) is 48.5 Å². The summed E-state index contributed by atoms with van der Waals surface area (Å²) in [5, 5.41) is 0. The molecule has 2 aromatic carbocycles. The normalized spacial score (nSPS) is 14.3. The van der Waals surface area contributed by atoms with Crippen molar-refractivity contribution >= 4 is 28.8 Å². The van der Waals surface area contributed by atoms with Crippen LogP contribution in [0, 0.1) is 6.92 Å². The number of carbonyl (C=O) groups excluding carboxylic acids is 3. The number of aryl methyl sites for hydroxylation is 1. The monoisotopic (exact) mass is 375 g/mol. The number of imide groups is 1. The molecule has 4 rings (SSSR count). The summed E-state index contributed by atoms with van der Waals surface area (Å²) in [6.45, 7) is 3.18. The lowest BCUT2D eigenvalue weighted by Crippen LogP contribution is -2.43. The smallest absolute Gasteiger partial charge is 0.329 e. The molecule has 0 radical (unpaired) electrons. The minimum absolute atomic E-state index is 0.0873. The summed E-state index contributed by atoms with van der Waals surface area (Å²) in [6, 6.07) is 12.9. The van der Waals surface area contributed by atoms with Gasteiger partial charge in [-0.1, -0.05) is 24.3 Å². The van der Waals surface area contributed by atoms with Gasteiger partial charge in [-0.3, -0.25) is 14.5 Å². The lowest BCUT2D eigenvalue weighted by molar-refractivity contribution is -0.149. The van der Waals surface area contributed by atoms with Crippen LogP contribution in [0.25, 0.3) is 11.0 Å². The highest BCUT2D eigenvalue weighted by atomic mass is 16.5. The number of rotatable bonds is 4. The van der Waals surface area contributed by atoms with E-state index >= 15 is 0 Å². The first-order valence-corrected chi connectivity index (χ1v) is 8.83. The van der Waals surface area contributed by atoms with Crippen molar-refractivity contribution in [3.8, 4) is 0 Å². The quantitative estimate of drug-likeness (QED) is 0.514. The maximum Gasteiger partial charge on any atom is 0.329 e. The molecular weight excluding hydrogens is 358 g/mol. The molecule has 2 amide bonds. The Morgan fingerprint density at radius 2 is 1.50 bits per heavy atom. The molecule has 2 heterocycles. The van der Waals surface area contributed by atoms with Crippen LogP contribution in [0.3, 0.4) is 0 Å². The Morgan fingerprint density at radius 3 is 2.11 bits per heavy atom. The van der Waals surface area contributed by atoms with E-state index in [9.17, 15) is 14.4 Å². The number of hydrogen-bond acceptors (Lipinski definition) is 6. The van der Waals surface area contributed by atoms with Crippen LogP contribution in [-0.4, -0.2) is 38.7 Å². The number of carbonyl (C=O) groups is 3. The second-order valence-corrected chi connectivity index (χ2v) is 6.55. The molecule has 0 N–H and O–H groups in total. The molecule has 1 aliphatic rings. The van der Waals surface area contributed by atoms with Gasteiger partial charge in [0.25, 0.3) is 11.8 Å². The number of para-hydroxylation sites is 2. The topological polar surface area (TPSA) is 89.5 Å². The molecule has 1 aliphatic heterocycles. The summed E-state index contributed by atoms with van der Waals surface area (Å²) in [6.07, 6.45) is 0. The molecule has 3 aromatic rings. The number of ether oxygens (including phenoxy) is 1.